The minimum atomic E-state index is -4.90. The number of imide groups is 1. The van der Waals surface area contributed by atoms with Gasteiger partial charge in [-0.05, 0) is 71.8 Å². The van der Waals surface area contributed by atoms with Crippen molar-refractivity contribution < 1.29 is 27.5 Å². The van der Waals surface area contributed by atoms with E-state index in [9.17, 15) is 22.8 Å². The van der Waals surface area contributed by atoms with E-state index in [0.29, 0.717) is 43.0 Å². The van der Waals surface area contributed by atoms with Crippen LogP contribution in [-0.4, -0.2) is 33.8 Å². The predicted octanol–water partition coefficient (Wildman–Crippen LogP) is 8.39. The number of urea groups is 1. The summed E-state index contributed by atoms with van der Waals surface area (Å²) in [4.78, 5) is 38.3. The van der Waals surface area contributed by atoms with Gasteiger partial charge in [0.15, 0.2) is 0 Å². The van der Waals surface area contributed by atoms with Gasteiger partial charge < -0.3 is 10.1 Å². The molecule has 3 amide bonds. The molecule has 3 aromatic carbocycles. The number of ether oxygens (including phenoxy) is 1. The summed E-state index contributed by atoms with van der Waals surface area (Å²) in [6.45, 7) is 3.64. The normalized spacial score (nSPS) is 18.5. The smallest absolute Gasteiger partial charge is 0.406 e. The average molecular weight is 639 g/mol. The molecule has 44 heavy (non-hydrogen) atoms. The first-order chi connectivity index (χ1) is 20.9. The van der Waals surface area contributed by atoms with E-state index >= 15 is 0 Å². The average Bonchev–Trinajstić information content (AvgIpc) is 3.26. The molecule has 5 aromatic rings. The third-order valence-corrected chi connectivity index (χ3v) is 8.83. The summed E-state index contributed by atoms with van der Waals surface area (Å²) < 4.78 is 42.3. The van der Waals surface area contributed by atoms with Gasteiger partial charge in [-0.25, -0.2) is 9.69 Å². The molecule has 1 aliphatic rings. The van der Waals surface area contributed by atoms with E-state index in [0.717, 1.165) is 17.0 Å². The molecule has 1 N–H and O–H groups in total. The first kappa shape index (κ1) is 29.7. The summed E-state index contributed by atoms with van der Waals surface area (Å²) in [5.74, 6) is -2.48. The van der Waals surface area contributed by atoms with Crippen molar-refractivity contribution in [1.29, 1.82) is 0 Å². The second kappa shape index (κ2) is 10.9. The summed E-state index contributed by atoms with van der Waals surface area (Å²) in [6.07, 6.45) is -1.68. The van der Waals surface area contributed by atoms with E-state index in [2.05, 4.69) is 20.0 Å². The lowest BCUT2D eigenvalue weighted by Crippen LogP contribution is -2.55. The van der Waals surface area contributed by atoms with Crippen LogP contribution in [0.2, 0.25) is 10.0 Å². The van der Waals surface area contributed by atoms with Crippen molar-refractivity contribution in [2.24, 2.45) is 0 Å². The minimum Gasteiger partial charge on any atom is -0.406 e. The number of carbonyl (C=O) groups excluding carboxylic acids is 2. The Kier molecular flexibility index (Phi) is 7.37. The summed E-state index contributed by atoms with van der Waals surface area (Å²) >= 11 is 13.3. The molecule has 0 radical (unpaired) electrons. The Morgan fingerprint density at radius 1 is 0.795 bits per heavy atom. The van der Waals surface area contributed by atoms with Gasteiger partial charge >= 0.3 is 12.4 Å². The number of alkyl halides is 3. The zero-order valence-corrected chi connectivity index (χ0v) is 24.7. The number of nitrogens with one attached hydrogen (secondary N) is 1. The summed E-state index contributed by atoms with van der Waals surface area (Å²) in [5, 5.41) is 5.08. The van der Waals surface area contributed by atoms with Gasteiger partial charge in [-0.3, -0.25) is 14.8 Å². The van der Waals surface area contributed by atoms with Crippen LogP contribution >= 0.6 is 23.2 Å². The van der Waals surface area contributed by atoms with Crippen molar-refractivity contribution >= 4 is 62.6 Å². The molecule has 0 spiro atoms. The van der Waals surface area contributed by atoms with Gasteiger partial charge in [0.25, 0.3) is 5.91 Å². The molecule has 0 bridgehead atoms. The molecule has 224 valence electrons. The van der Waals surface area contributed by atoms with Crippen molar-refractivity contribution in [3.05, 3.63) is 106 Å². The molecule has 2 aromatic heterocycles. The maximum atomic E-state index is 14.8. The molecule has 7 nitrogen and oxygen atoms in total. The van der Waals surface area contributed by atoms with Crippen molar-refractivity contribution in [1.82, 2.24) is 15.3 Å². The molecule has 3 heterocycles. The third-order valence-electron chi connectivity index (χ3n) is 8.20. The maximum absolute atomic E-state index is 14.8. The van der Waals surface area contributed by atoms with E-state index in [-0.39, 0.29) is 5.69 Å². The summed E-state index contributed by atoms with van der Waals surface area (Å²) in [5.41, 5.74) is 1.01. The number of hydrogen-bond acceptors (Lipinski definition) is 5. The van der Waals surface area contributed by atoms with Crippen molar-refractivity contribution in [2.45, 2.75) is 37.6 Å². The topological polar surface area (TPSA) is 84.4 Å². The molecule has 1 saturated heterocycles. The number of halogens is 5. The fraction of sp³-hybridized carbons (Fsp3) is 0.188. The Morgan fingerprint density at radius 3 is 1.77 bits per heavy atom. The van der Waals surface area contributed by atoms with Crippen LogP contribution in [0.15, 0.2) is 85.2 Å². The van der Waals surface area contributed by atoms with Crippen molar-refractivity contribution in [2.75, 3.05) is 4.90 Å². The lowest BCUT2D eigenvalue weighted by Gasteiger charge is -2.39. The second-order valence-electron chi connectivity index (χ2n) is 10.5. The van der Waals surface area contributed by atoms with Crippen LogP contribution in [0.1, 0.15) is 36.8 Å². The molecule has 0 aliphatic carbocycles. The van der Waals surface area contributed by atoms with Crippen LogP contribution in [0.3, 0.4) is 0 Å². The Hall–Kier alpha value is -4.41. The number of benzene rings is 3. The van der Waals surface area contributed by atoms with E-state index in [1.807, 2.05) is 13.8 Å². The molecule has 12 heteroatoms. The number of rotatable bonds is 6. The van der Waals surface area contributed by atoms with Crippen LogP contribution in [0.5, 0.6) is 5.75 Å². The van der Waals surface area contributed by atoms with Gasteiger partial charge in [0.05, 0.1) is 26.8 Å². The lowest BCUT2D eigenvalue weighted by atomic mass is 9.68. The molecule has 6 rings (SSSR count). The minimum absolute atomic E-state index is 0.0681. The number of aromatic nitrogens is 2. The largest absolute Gasteiger partial charge is 0.573 e. The van der Waals surface area contributed by atoms with Gasteiger partial charge in [0.2, 0.25) is 0 Å². The van der Waals surface area contributed by atoms with Crippen LogP contribution < -0.4 is 15.0 Å². The number of anilines is 1. The molecule has 1 aliphatic heterocycles. The SMILES string of the molecule is CC(c1ccnc2cccc(Cl)c12)C1(C(C)c2ccnc3cccc(Cl)c23)NC(=O)N(c2ccc(OC(F)(F)F)cc2)C1=O. The fourth-order valence-electron chi connectivity index (χ4n) is 6.14. The number of nitrogens with zero attached hydrogens (tertiary/aromatic N) is 3. The lowest BCUT2D eigenvalue weighted by molar-refractivity contribution is -0.274. The summed E-state index contributed by atoms with van der Waals surface area (Å²) in [6, 6.07) is 17.9. The second-order valence-corrected chi connectivity index (χ2v) is 11.3. The molecular formula is C32H23Cl2F3N4O3. The van der Waals surface area contributed by atoms with Crippen molar-refractivity contribution in [3.63, 3.8) is 0 Å². The van der Waals surface area contributed by atoms with Gasteiger partial charge in [-0.1, -0.05) is 49.2 Å². The maximum Gasteiger partial charge on any atom is 0.573 e. The Bertz CT molecular complexity index is 1830. The highest BCUT2D eigenvalue weighted by atomic mass is 35.5. The van der Waals surface area contributed by atoms with Gasteiger partial charge in [-0.2, -0.15) is 0 Å². The number of carbonyl (C=O) groups is 2. The van der Waals surface area contributed by atoms with Crippen LogP contribution in [0.4, 0.5) is 23.7 Å². The standard InChI is InChI=1S/C32H23Cl2F3N4O3/c1-17(21-13-15-38-25-7-3-5-23(33)27(21)25)31(18(2)22-14-16-39-26-8-4-6-24(34)28(22)26)29(42)41(30(43)40-31)19-9-11-20(12-10-19)44-32(35,36)37/h3-18H,1-2H3,(H,40,43). The van der Waals surface area contributed by atoms with E-state index in [1.165, 1.54) is 12.1 Å². The van der Waals surface area contributed by atoms with Gasteiger partial charge in [0.1, 0.15) is 11.3 Å². The van der Waals surface area contributed by atoms with E-state index < -0.39 is 41.4 Å². The highest BCUT2D eigenvalue weighted by Gasteiger charge is 2.59. The number of pyridine rings is 2. The first-order valence-electron chi connectivity index (χ1n) is 13.5. The Labute approximate surface area is 259 Å². The van der Waals surface area contributed by atoms with E-state index in [4.69, 9.17) is 23.2 Å². The van der Waals surface area contributed by atoms with Crippen LogP contribution in [-0.2, 0) is 4.79 Å². The fourth-order valence-corrected chi connectivity index (χ4v) is 6.70. The molecule has 1 fully saturated rings. The van der Waals surface area contributed by atoms with E-state index in [1.54, 1.807) is 60.9 Å². The zero-order chi connectivity index (χ0) is 31.4. The summed E-state index contributed by atoms with van der Waals surface area (Å²) in [7, 11) is 0. The van der Waals surface area contributed by atoms with Gasteiger partial charge in [0, 0.05) is 35.0 Å². The zero-order valence-electron chi connectivity index (χ0n) is 23.2. The highest BCUT2D eigenvalue weighted by molar-refractivity contribution is 6.36. The monoisotopic (exact) mass is 638 g/mol. The molecular weight excluding hydrogens is 616 g/mol. The van der Waals surface area contributed by atoms with Crippen molar-refractivity contribution in [3.8, 4) is 5.75 Å². The van der Waals surface area contributed by atoms with Gasteiger partial charge in [-0.15, -0.1) is 13.2 Å². The Balaban J connectivity index is 1.54. The number of fused-ring (bicyclic) bond motifs is 2. The third kappa shape index (κ3) is 4.88. The van der Waals surface area contributed by atoms with Crippen LogP contribution in [0, 0.1) is 0 Å². The molecule has 2 atom stereocenters. The van der Waals surface area contributed by atoms with Crippen LogP contribution in [0.25, 0.3) is 21.8 Å². The molecule has 2 unspecified atom stereocenters. The Morgan fingerprint density at radius 2 is 1.30 bits per heavy atom. The quantitative estimate of drug-likeness (QED) is 0.189. The number of hydrogen-bond donors (Lipinski definition) is 1. The highest BCUT2D eigenvalue weighted by Crippen LogP contribution is 2.48. The number of amides is 3. The first-order valence-corrected chi connectivity index (χ1v) is 14.3. The molecule has 0 saturated carbocycles. The predicted molar refractivity (Wildman–Crippen MR) is 162 cm³/mol.